The van der Waals surface area contributed by atoms with Gasteiger partial charge in [0, 0.05) is 17.3 Å². The molecule has 5 saturated carbocycles. The first-order valence-electron chi connectivity index (χ1n) is 16.1. The van der Waals surface area contributed by atoms with Crippen LogP contribution in [0.25, 0.3) is 0 Å². The van der Waals surface area contributed by atoms with Gasteiger partial charge < -0.3 is 15.0 Å². The summed E-state index contributed by atoms with van der Waals surface area (Å²) in [6, 6.07) is 15.5. The highest BCUT2D eigenvalue weighted by atomic mass is 28.3. The summed E-state index contributed by atoms with van der Waals surface area (Å²) in [6.45, 7) is 6.62. The maximum absolute atomic E-state index is 14.0. The SMILES string of the molecule is COc1ccc2c(c1)C[C@H](CC1CC1)N(C(=O)C#C[Si](C)(C)C)[C@H]2c1ccc(NC23CC4CC(CC(C4)C2)C3)cc1. The van der Waals surface area contributed by atoms with Crippen molar-refractivity contribution in [1.82, 2.24) is 4.90 Å². The van der Waals surface area contributed by atoms with Crippen LogP contribution in [0.3, 0.4) is 0 Å². The number of methoxy groups -OCH3 is 1. The zero-order chi connectivity index (χ0) is 28.4. The average Bonchev–Trinajstić information content (AvgIpc) is 3.74. The third-order valence-corrected chi connectivity index (χ3v) is 11.4. The second-order valence-corrected chi connectivity index (χ2v) is 19.9. The van der Waals surface area contributed by atoms with Crippen LogP contribution in [-0.4, -0.2) is 37.6 Å². The molecule has 6 aliphatic rings. The summed E-state index contributed by atoms with van der Waals surface area (Å²) in [5.74, 6) is 7.49. The van der Waals surface area contributed by atoms with Crippen LogP contribution in [0.4, 0.5) is 5.69 Å². The first-order chi connectivity index (χ1) is 19.7. The number of rotatable bonds is 6. The molecular formula is C36H46N2O2Si. The molecule has 5 fully saturated rings. The number of nitrogens with zero attached hydrogens (tertiary/aromatic N) is 1. The van der Waals surface area contributed by atoms with Crippen molar-refractivity contribution in [1.29, 1.82) is 0 Å². The molecule has 0 radical (unpaired) electrons. The van der Waals surface area contributed by atoms with Gasteiger partial charge in [-0.1, -0.05) is 50.7 Å². The predicted molar refractivity (Wildman–Crippen MR) is 169 cm³/mol. The Bertz CT molecular complexity index is 1340. The molecule has 2 aromatic rings. The van der Waals surface area contributed by atoms with Crippen LogP contribution < -0.4 is 10.1 Å². The number of fused-ring (bicyclic) bond motifs is 1. The molecule has 8 rings (SSSR count). The molecule has 0 unspecified atom stereocenters. The van der Waals surface area contributed by atoms with Gasteiger partial charge in [-0.2, -0.15) is 0 Å². The van der Waals surface area contributed by atoms with Crippen molar-refractivity contribution in [2.75, 3.05) is 12.4 Å². The number of ether oxygens (including phenoxy) is 1. The number of nitrogens with one attached hydrogen (secondary N) is 1. The van der Waals surface area contributed by atoms with Gasteiger partial charge in [0.15, 0.2) is 0 Å². The minimum absolute atomic E-state index is 0.0136. The standard InChI is InChI=1S/C36H46N2O2Si/c1-40-32-11-12-33-29(20-32)19-31(18-24-5-6-24)38(34(39)13-14-41(2,3)4)35(33)28-7-9-30(10-8-28)37-36-21-25-15-26(22-36)17-27(16-25)23-36/h7-12,20,24-27,31,35,37H,5-6,15-19,21-23H2,1-4H3/t25?,26?,27?,31-,35-,36?/m0/s1. The fraction of sp³-hybridized carbons (Fsp3) is 0.583. The van der Waals surface area contributed by atoms with Gasteiger partial charge in [0.05, 0.1) is 13.2 Å². The molecule has 0 aromatic heterocycles. The Hall–Kier alpha value is -2.71. The fourth-order valence-electron chi connectivity index (χ4n) is 9.05. The predicted octanol–water partition coefficient (Wildman–Crippen LogP) is 7.60. The number of carbonyl (C=O) groups excluding carboxylic acids is 1. The van der Waals surface area contributed by atoms with Gasteiger partial charge in [0.25, 0.3) is 5.91 Å². The maximum atomic E-state index is 14.0. The molecule has 216 valence electrons. The number of anilines is 1. The van der Waals surface area contributed by atoms with Gasteiger partial charge in [-0.25, -0.2) is 0 Å². The lowest BCUT2D eigenvalue weighted by Gasteiger charge is -2.57. The normalized spacial score (nSPS) is 31.7. The topological polar surface area (TPSA) is 41.6 Å². The minimum atomic E-state index is -1.69. The second kappa shape index (κ2) is 10.2. The van der Waals surface area contributed by atoms with E-state index < -0.39 is 8.07 Å². The Morgan fingerprint density at radius 3 is 2.24 bits per heavy atom. The minimum Gasteiger partial charge on any atom is -0.497 e. The summed E-state index contributed by atoms with van der Waals surface area (Å²) in [5.41, 5.74) is 8.58. The number of hydrogen-bond acceptors (Lipinski definition) is 3. The molecular weight excluding hydrogens is 520 g/mol. The van der Waals surface area contributed by atoms with E-state index in [1.807, 2.05) is 6.07 Å². The molecule has 1 N–H and O–H groups in total. The highest BCUT2D eigenvalue weighted by Gasteiger charge is 2.51. The third kappa shape index (κ3) is 5.57. The second-order valence-electron chi connectivity index (χ2n) is 15.2. The fourth-order valence-corrected chi connectivity index (χ4v) is 9.53. The summed E-state index contributed by atoms with van der Waals surface area (Å²) >= 11 is 0. The smallest absolute Gasteiger partial charge is 0.298 e. The van der Waals surface area contributed by atoms with Crippen molar-refractivity contribution >= 4 is 19.7 Å². The Balaban J connectivity index is 1.23. The van der Waals surface area contributed by atoms with Crippen LogP contribution in [0.5, 0.6) is 5.75 Å². The van der Waals surface area contributed by atoms with E-state index in [2.05, 4.69) is 77.7 Å². The van der Waals surface area contributed by atoms with E-state index >= 15 is 0 Å². The number of hydrogen-bond donors (Lipinski definition) is 1. The van der Waals surface area contributed by atoms with Crippen molar-refractivity contribution in [3.8, 4) is 17.2 Å². The van der Waals surface area contributed by atoms with Crippen LogP contribution in [0.2, 0.25) is 19.6 Å². The molecule has 41 heavy (non-hydrogen) atoms. The maximum Gasteiger partial charge on any atom is 0.298 e. The quantitative estimate of drug-likeness (QED) is 0.289. The molecule has 5 heteroatoms. The van der Waals surface area contributed by atoms with Gasteiger partial charge in [-0.3, -0.25) is 4.79 Å². The average molecular weight is 567 g/mol. The number of amides is 1. The van der Waals surface area contributed by atoms with Gasteiger partial charge >= 0.3 is 0 Å². The first-order valence-corrected chi connectivity index (χ1v) is 19.6. The first kappa shape index (κ1) is 27.1. The van der Waals surface area contributed by atoms with Crippen molar-refractivity contribution in [2.24, 2.45) is 23.7 Å². The molecule has 1 heterocycles. The molecule has 4 bridgehead atoms. The summed E-state index contributed by atoms with van der Waals surface area (Å²) in [7, 11) is 0.0511. The molecule has 0 saturated heterocycles. The van der Waals surface area contributed by atoms with E-state index in [0.717, 1.165) is 42.3 Å². The summed E-state index contributed by atoms with van der Waals surface area (Å²) in [5, 5.41) is 4.05. The molecule has 5 aliphatic carbocycles. The molecule has 1 aliphatic heterocycles. The highest BCUT2D eigenvalue weighted by molar-refractivity contribution is 6.84. The molecule has 4 nitrogen and oxygen atoms in total. The highest BCUT2D eigenvalue weighted by Crippen LogP contribution is 2.56. The molecule has 2 atom stereocenters. The van der Waals surface area contributed by atoms with Gasteiger partial charge in [-0.15, -0.1) is 5.54 Å². The van der Waals surface area contributed by atoms with Gasteiger partial charge in [0.2, 0.25) is 0 Å². The lowest BCUT2D eigenvalue weighted by atomic mass is 9.53. The van der Waals surface area contributed by atoms with E-state index in [-0.39, 0.29) is 23.5 Å². The van der Waals surface area contributed by atoms with Crippen LogP contribution in [0.1, 0.15) is 80.5 Å². The van der Waals surface area contributed by atoms with Gasteiger partial charge in [0.1, 0.15) is 13.8 Å². The number of carbonyl (C=O) groups is 1. The Morgan fingerprint density at radius 2 is 1.66 bits per heavy atom. The lowest BCUT2D eigenvalue weighted by molar-refractivity contribution is -0.130. The van der Waals surface area contributed by atoms with Crippen molar-refractivity contribution < 1.29 is 9.53 Å². The summed E-state index contributed by atoms with van der Waals surface area (Å²) < 4.78 is 5.62. The van der Waals surface area contributed by atoms with Crippen LogP contribution in [0, 0.1) is 35.1 Å². The van der Waals surface area contributed by atoms with E-state index in [1.165, 1.54) is 73.7 Å². The molecule has 2 aromatic carbocycles. The van der Waals surface area contributed by atoms with Crippen LogP contribution in [0.15, 0.2) is 42.5 Å². The monoisotopic (exact) mass is 566 g/mol. The van der Waals surface area contributed by atoms with Crippen molar-refractivity contribution in [3.63, 3.8) is 0 Å². The lowest BCUT2D eigenvalue weighted by Crippen LogP contribution is -2.54. The zero-order valence-electron chi connectivity index (χ0n) is 25.3. The van der Waals surface area contributed by atoms with Gasteiger partial charge in [-0.05, 0) is 122 Å². The summed E-state index contributed by atoms with van der Waals surface area (Å²) in [6.07, 6.45) is 12.8. The Labute approximate surface area is 247 Å². The zero-order valence-corrected chi connectivity index (χ0v) is 26.3. The Kier molecular flexibility index (Phi) is 6.77. The van der Waals surface area contributed by atoms with Crippen LogP contribution in [-0.2, 0) is 11.2 Å². The largest absolute Gasteiger partial charge is 0.497 e. The van der Waals surface area contributed by atoms with Crippen LogP contribution >= 0.6 is 0 Å². The van der Waals surface area contributed by atoms with Crippen molar-refractivity contribution in [3.05, 3.63) is 59.2 Å². The molecule has 1 amide bonds. The van der Waals surface area contributed by atoms with E-state index in [9.17, 15) is 4.79 Å². The number of benzene rings is 2. The van der Waals surface area contributed by atoms with E-state index in [4.69, 9.17) is 4.74 Å². The van der Waals surface area contributed by atoms with Crippen molar-refractivity contribution in [2.45, 2.75) is 101 Å². The summed E-state index contributed by atoms with van der Waals surface area (Å²) in [4.78, 5) is 16.1. The Morgan fingerprint density at radius 1 is 1.00 bits per heavy atom. The van der Waals surface area contributed by atoms with E-state index in [1.54, 1.807) is 7.11 Å². The van der Waals surface area contributed by atoms with E-state index in [0.29, 0.717) is 0 Å². The third-order valence-electron chi connectivity index (χ3n) is 10.5. The molecule has 0 spiro atoms.